The van der Waals surface area contributed by atoms with Crippen LogP contribution in [0.15, 0.2) is 0 Å². The summed E-state index contributed by atoms with van der Waals surface area (Å²) in [5.41, 5.74) is 0. The van der Waals surface area contributed by atoms with E-state index in [1.54, 1.807) is 0 Å². The first-order valence-corrected chi connectivity index (χ1v) is 7.93. The lowest BCUT2D eigenvalue weighted by Gasteiger charge is -2.17. The van der Waals surface area contributed by atoms with Gasteiger partial charge in [0.2, 0.25) is 0 Å². The standard InChI is InChI=1S/C16H32O2/c1-3-5-7-9-10-12-14-15(16(17)18)13-11-8-6-4-2/h15H,3-14H2,1-2H3,(H,17,18)/p-1. The maximum absolute atomic E-state index is 11.0. The quantitative estimate of drug-likeness (QED) is 0.465. The lowest BCUT2D eigenvalue weighted by Crippen LogP contribution is -2.31. The molecule has 0 radical (unpaired) electrons. The van der Waals surface area contributed by atoms with Crippen molar-refractivity contribution in [2.24, 2.45) is 5.92 Å². The predicted molar refractivity (Wildman–Crippen MR) is 75.2 cm³/mol. The van der Waals surface area contributed by atoms with E-state index in [2.05, 4.69) is 13.8 Å². The molecule has 0 spiro atoms. The van der Waals surface area contributed by atoms with Crippen LogP contribution in [0.3, 0.4) is 0 Å². The van der Waals surface area contributed by atoms with E-state index in [1.165, 1.54) is 44.9 Å². The lowest BCUT2D eigenvalue weighted by atomic mass is 9.94. The molecule has 108 valence electrons. The smallest absolute Gasteiger partial charge is 0.0445 e. The highest BCUT2D eigenvalue weighted by Crippen LogP contribution is 2.18. The first-order chi connectivity index (χ1) is 8.72. The first-order valence-electron chi connectivity index (χ1n) is 7.93. The van der Waals surface area contributed by atoms with Crippen LogP contribution in [-0.4, -0.2) is 5.97 Å². The number of hydrogen-bond donors (Lipinski definition) is 0. The van der Waals surface area contributed by atoms with Gasteiger partial charge in [0, 0.05) is 5.97 Å². The Hall–Kier alpha value is -0.530. The largest absolute Gasteiger partial charge is 0.550 e. The van der Waals surface area contributed by atoms with Crippen LogP contribution in [0.25, 0.3) is 0 Å². The number of carboxylic acids is 1. The second-order valence-corrected chi connectivity index (χ2v) is 5.42. The van der Waals surface area contributed by atoms with Crippen LogP contribution in [0, 0.1) is 5.92 Å². The molecular formula is C16H31O2-. The van der Waals surface area contributed by atoms with Gasteiger partial charge < -0.3 is 9.90 Å². The molecule has 0 heterocycles. The highest BCUT2D eigenvalue weighted by atomic mass is 16.4. The molecule has 2 nitrogen and oxygen atoms in total. The molecule has 18 heavy (non-hydrogen) atoms. The fourth-order valence-electron chi connectivity index (χ4n) is 2.37. The fraction of sp³-hybridized carbons (Fsp3) is 0.938. The Balaban J connectivity index is 3.54. The Morgan fingerprint density at radius 2 is 1.17 bits per heavy atom. The molecule has 0 aromatic heterocycles. The van der Waals surface area contributed by atoms with Gasteiger partial charge in [-0.25, -0.2) is 0 Å². The summed E-state index contributed by atoms with van der Waals surface area (Å²) in [4.78, 5) is 11.0. The number of hydrogen-bond acceptors (Lipinski definition) is 2. The van der Waals surface area contributed by atoms with Gasteiger partial charge >= 0.3 is 0 Å². The number of carbonyl (C=O) groups is 1. The van der Waals surface area contributed by atoms with Crippen molar-refractivity contribution >= 4 is 5.97 Å². The molecule has 0 aliphatic rings. The van der Waals surface area contributed by atoms with Crippen LogP contribution in [0.4, 0.5) is 0 Å². The topological polar surface area (TPSA) is 40.1 Å². The number of rotatable bonds is 13. The Kier molecular flexibility index (Phi) is 12.5. The summed E-state index contributed by atoms with van der Waals surface area (Å²) in [6, 6.07) is 0. The molecule has 0 aliphatic heterocycles. The van der Waals surface area contributed by atoms with Gasteiger partial charge in [0.15, 0.2) is 0 Å². The van der Waals surface area contributed by atoms with Crippen molar-refractivity contribution < 1.29 is 9.90 Å². The van der Waals surface area contributed by atoms with Crippen molar-refractivity contribution in [1.82, 2.24) is 0 Å². The third-order valence-corrected chi connectivity index (χ3v) is 3.65. The van der Waals surface area contributed by atoms with Crippen LogP contribution >= 0.6 is 0 Å². The van der Waals surface area contributed by atoms with E-state index in [-0.39, 0.29) is 5.92 Å². The molecule has 0 fully saturated rings. The minimum Gasteiger partial charge on any atom is -0.550 e. The van der Waals surface area contributed by atoms with Crippen molar-refractivity contribution in [1.29, 1.82) is 0 Å². The molecule has 1 unspecified atom stereocenters. The molecule has 0 N–H and O–H groups in total. The van der Waals surface area contributed by atoms with E-state index in [4.69, 9.17) is 0 Å². The monoisotopic (exact) mass is 255 g/mol. The second-order valence-electron chi connectivity index (χ2n) is 5.42. The van der Waals surface area contributed by atoms with Gasteiger partial charge in [0.05, 0.1) is 0 Å². The number of carboxylic acid groups (broad SMARTS) is 1. The van der Waals surface area contributed by atoms with Crippen molar-refractivity contribution in [3.63, 3.8) is 0 Å². The second kappa shape index (κ2) is 12.9. The van der Waals surface area contributed by atoms with Gasteiger partial charge in [-0.15, -0.1) is 0 Å². The molecule has 0 saturated carbocycles. The van der Waals surface area contributed by atoms with E-state index in [0.717, 1.165) is 32.1 Å². The van der Waals surface area contributed by atoms with Gasteiger partial charge in [0.25, 0.3) is 0 Å². The molecule has 0 aromatic rings. The minimum absolute atomic E-state index is 0.201. The molecule has 0 bridgehead atoms. The van der Waals surface area contributed by atoms with E-state index >= 15 is 0 Å². The Morgan fingerprint density at radius 1 is 0.778 bits per heavy atom. The molecule has 0 saturated heterocycles. The summed E-state index contributed by atoms with van der Waals surface area (Å²) in [5.74, 6) is -1.03. The van der Waals surface area contributed by atoms with Gasteiger partial charge in [-0.3, -0.25) is 0 Å². The molecule has 2 heteroatoms. The molecular weight excluding hydrogens is 224 g/mol. The number of unbranched alkanes of at least 4 members (excludes halogenated alkanes) is 8. The average Bonchev–Trinajstić information content (AvgIpc) is 2.35. The van der Waals surface area contributed by atoms with Crippen molar-refractivity contribution in [2.45, 2.75) is 90.9 Å². The lowest BCUT2D eigenvalue weighted by molar-refractivity contribution is -0.312. The zero-order chi connectivity index (χ0) is 13.6. The van der Waals surface area contributed by atoms with E-state index in [0.29, 0.717) is 0 Å². The van der Waals surface area contributed by atoms with E-state index in [9.17, 15) is 9.90 Å². The zero-order valence-electron chi connectivity index (χ0n) is 12.4. The Bertz CT molecular complexity index is 190. The third-order valence-electron chi connectivity index (χ3n) is 3.65. The predicted octanol–water partition coefficient (Wildman–Crippen LogP) is 4.07. The minimum atomic E-state index is -0.833. The van der Waals surface area contributed by atoms with E-state index in [1.807, 2.05) is 0 Å². The summed E-state index contributed by atoms with van der Waals surface area (Å²) in [5, 5.41) is 11.0. The molecule has 0 rings (SSSR count). The maximum Gasteiger partial charge on any atom is 0.0445 e. The molecule has 0 aliphatic carbocycles. The van der Waals surface area contributed by atoms with Gasteiger partial charge in [-0.05, 0) is 18.8 Å². The van der Waals surface area contributed by atoms with Crippen LogP contribution in [0.2, 0.25) is 0 Å². The highest BCUT2D eigenvalue weighted by molar-refractivity contribution is 5.67. The Labute approximate surface area is 113 Å². The molecule has 0 amide bonds. The number of aliphatic carboxylic acids is 1. The van der Waals surface area contributed by atoms with Crippen LogP contribution in [0.5, 0.6) is 0 Å². The van der Waals surface area contributed by atoms with Gasteiger partial charge in [0.1, 0.15) is 0 Å². The highest BCUT2D eigenvalue weighted by Gasteiger charge is 2.09. The van der Waals surface area contributed by atoms with Crippen LogP contribution in [-0.2, 0) is 4.79 Å². The average molecular weight is 255 g/mol. The summed E-state index contributed by atoms with van der Waals surface area (Å²) >= 11 is 0. The normalized spacial score (nSPS) is 12.6. The van der Waals surface area contributed by atoms with Gasteiger partial charge in [-0.2, -0.15) is 0 Å². The SMILES string of the molecule is CCCCCCCCC(CCCCCC)C(=O)[O-]. The van der Waals surface area contributed by atoms with Crippen LogP contribution in [0.1, 0.15) is 90.9 Å². The maximum atomic E-state index is 11.0. The summed E-state index contributed by atoms with van der Waals surface area (Å²) in [6.07, 6.45) is 13.6. The van der Waals surface area contributed by atoms with Crippen molar-refractivity contribution in [2.75, 3.05) is 0 Å². The summed E-state index contributed by atoms with van der Waals surface area (Å²) in [7, 11) is 0. The fourth-order valence-corrected chi connectivity index (χ4v) is 2.37. The Morgan fingerprint density at radius 3 is 1.61 bits per heavy atom. The third kappa shape index (κ3) is 10.6. The first kappa shape index (κ1) is 17.5. The van der Waals surface area contributed by atoms with Crippen molar-refractivity contribution in [3.8, 4) is 0 Å². The zero-order valence-corrected chi connectivity index (χ0v) is 12.4. The van der Waals surface area contributed by atoms with E-state index < -0.39 is 5.97 Å². The molecule has 1 atom stereocenters. The summed E-state index contributed by atoms with van der Waals surface area (Å²) < 4.78 is 0. The summed E-state index contributed by atoms with van der Waals surface area (Å²) in [6.45, 7) is 4.38. The molecule has 0 aromatic carbocycles. The number of carbonyl (C=O) groups excluding carboxylic acids is 1. The van der Waals surface area contributed by atoms with Gasteiger partial charge in [-0.1, -0.05) is 78.1 Å². The van der Waals surface area contributed by atoms with Crippen molar-refractivity contribution in [3.05, 3.63) is 0 Å². The van der Waals surface area contributed by atoms with Crippen LogP contribution < -0.4 is 5.11 Å².